The molecule has 0 amide bonds. The molecule has 0 aliphatic carbocycles. The Labute approximate surface area is 109 Å². The lowest BCUT2D eigenvalue weighted by Gasteiger charge is -2.36. The zero-order valence-corrected chi connectivity index (χ0v) is 15.4. The summed E-state index contributed by atoms with van der Waals surface area (Å²) >= 11 is 0. The normalized spacial score (nSPS) is 14.4. The Morgan fingerprint density at radius 3 is 1.35 bits per heavy atom. The van der Waals surface area contributed by atoms with Crippen LogP contribution >= 0.6 is 7.75 Å². The third-order valence-corrected chi connectivity index (χ3v) is 9.34. The Balaban J connectivity index is 5.14. The number of nitrogens with zero attached hydrogens (tertiary/aromatic N) is 1. The summed E-state index contributed by atoms with van der Waals surface area (Å²) in [5.74, 6) is 0. The van der Waals surface area contributed by atoms with Crippen LogP contribution in [0.3, 0.4) is 0 Å². The van der Waals surface area contributed by atoms with Gasteiger partial charge >= 0.3 is 7.75 Å². The molecule has 0 heterocycles. The Hall–Kier alpha value is 0.544. The fourth-order valence-electron chi connectivity index (χ4n) is 1.40. The Bertz CT molecular complexity index is 262. The summed E-state index contributed by atoms with van der Waals surface area (Å²) in [7, 11) is -6.91. The van der Waals surface area contributed by atoms with Crippen LogP contribution in [0.2, 0.25) is 39.3 Å². The van der Waals surface area contributed by atoms with Gasteiger partial charge in [0.1, 0.15) is 0 Å². The van der Waals surface area contributed by atoms with Gasteiger partial charge in [0.15, 0.2) is 16.6 Å². The Morgan fingerprint density at radius 1 is 0.882 bits per heavy atom. The molecule has 104 valence electrons. The van der Waals surface area contributed by atoms with E-state index < -0.39 is 24.4 Å². The van der Waals surface area contributed by atoms with Crippen LogP contribution in [-0.4, -0.2) is 34.4 Å². The van der Waals surface area contributed by atoms with Gasteiger partial charge in [0.05, 0.1) is 0 Å². The first kappa shape index (κ1) is 17.5. The fraction of sp³-hybridized carbons (Fsp3) is 1.00. The van der Waals surface area contributed by atoms with Crippen LogP contribution in [0.5, 0.6) is 0 Å². The summed E-state index contributed by atoms with van der Waals surface area (Å²) in [6.07, 6.45) is 0. The summed E-state index contributed by atoms with van der Waals surface area (Å²) in [6, 6.07) is 0. The van der Waals surface area contributed by atoms with Gasteiger partial charge in [0, 0.05) is 13.1 Å². The van der Waals surface area contributed by atoms with Gasteiger partial charge in [-0.2, -0.15) is 0 Å². The van der Waals surface area contributed by atoms with Crippen molar-refractivity contribution in [2.75, 3.05) is 13.1 Å². The van der Waals surface area contributed by atoms with Crippen molar-refractivity contribution in [2.24, 2.45) is 0 Å². The molecule has 0 radical (unpaired) electrons. The minimum atomic E-state index is -3.12. The van der Waals surface area contributed by atoms with Gasteiger partial charge in [-0.3, -0.25) is 0 Å². The molecule has 0 atom stereocenters. The van der Waals surface area contributed by atoms with Crippen molar-refractivity contribution in [2.45, 2.75) is 53.1 Å². The van der Waals surface area contributed by atoms with Crippen molar-refractivity contribution in [3.8, 4) is 0 Å². The maximum absolute atomic E-state index is 13.0. The Morgan fingerprint density at radius 2 is 1.18 bits per heavy atom. The van der Waals surface area contributed by atoms with E-state index in [9.17, 15) is 4.57 Å². The van der Waals surface area contributed by atoms with Gasteiger partial charge in [-0.15, -0.1) is 0 Å². The molecule has 0 aliphatic rings. The molecule has 0 aromatic rings. The summed E-state index contributed by atoms with van der Waals surface area (Å²) in [6.45, 7) is 17.6. The van der Waals surface area contributed by atoms with Gasteiger partial charge in [-0.05, 0) is 39.3 Å². The summed E-state index contributed by atoms with van der Waals surface area (Å²) in [4.78, 5) is 0. The van der Waals surface area contributed by atoms with Crippen LogP contribution in [0.15, 0.2) is 0 Å². The highest BCUT2D eigenvalue weighted by atomic mass is 31.2. The van der Waals surface area contributed by atoms with Gasteiger partial charge in [-0.1, -0.05) is 13.8 Å². The molecule has 0 N–H and O–H groups in total. The molecule has 0 aromatic carbocycles. The van der Waals surface area contributed by atoms with Gasteiger partial charge in [-0.25, -0.2) is 9.24 Å². The SMILES string of the molecule is CCN(CC)P(=O)(O[Si](C)(C)C)O[Si](C)(C)C. The van der Waals surface area contributed by atoms with Crippen LogP contribution in [-0.2, 0) is 13.0 Å². The van der Waals surface area contributed by atoms with Crippen LogP contribution in [0, 0.1) is 0 Å². The molecule has 0 fully saturated rings. The highest BCUT2D eigenvalue weighted by molar-refractivity contribution is 7.54. The molecule has 0 aliphatic heterocycles. The molecule has 0 saturated carbocycles. The van der Waals surface area contributed by atoms with E-state index in [4.69, 9.17) is 8.43 Å². The van der Waals surface area contributed by atoms with Gasteiger partial charge in [0.2, 0.25) is 0 Å². The molecule has 7 heteroatoms. The maximum Gasteiger partial charge on any atom is 0.388 e. The third kappa shape index (κ3) is 6.89. The lowest BCUT2D eigenvalue weighted by atomic mass is 10.7. The largest absolute Gasteiger partial charge is 0.388 e. The first-order chi connectivity index (χ1) is 7.43. The molecule has 0 spiro atoms. The van der Waals surface area contributed by atoms with E-state index in [2.05, 4.69) is 0 Å². The molecule has 17 heavy (non-hydrogen) atoms. The fourth-order valence-corrected chi connectivity index (χ4v) is 9.03. The van der Waals surface area contributed by atoms with Crippen molar-refractivity contribution in [3.05, 3.63) is 0 Å². The lowest BCUT2D eigenvalue weighted by molar-refractivity contribution is 0.291. The smallest absolute Gasteiger partial charge is 0.340 e. The van der Waals surface area contributed by atoms with Crippen molar-refractivity contribution < 1.29 is 13.0 Å². The van der Waals surface area contributed by atoms with Crippen LogP contribution in [0.1, 0.15) is 13.8 Å². The average molecular weight is 297 g/mol. The molecule has 0 bridgehead atoms. The number of rotatable bonds is 7. The molecule has 4 nitrogen and oxygen atoms in total. The molecule has 0 unspecified atom stereocenters. The first-order valence-corrected chi connectivity index (χ1v) is 14.5. The van der Waals surface area contributed by atoms with E-state index in [1.54, 1.807) is 0 Å². The second kappa shape index (κ2) is 6.13. The van der Waals surface area contributed by atoms with Crippen molar-refractivity contribution in [3.63, 3.8) is 0 Å². The van der Waals surface area contributed by atoms with Crippen molar-refractivity contribution in [1.82, 2.24) is 4.67 Å². The zero-order valence-electron chi connectivity index (χ0n) is 12.5. The predicted octanol–water partition coefficient (Wildman–Crippen LogP) is 4.14. The van der Waals surface area contributed by atoms with E-state index in [1.165, 1.54) is 0 Å². The van der Waals surface area contributed by atoms with Crippen LogP contribution in [0.25, 0.3) is 0 Å². The van der Waals surface area contributed by atoms with Gasteiger partial charge in [0.25, 0.3) is 0 Å². The number of hydrogen-bond acceptors (Lipinski definition) is 3. The number of hydrogen-bond donors (Lipinski definition) is 0. The van der Waals surface area contributed by atoms with Crippen molar-refractivity contribution >= 4 is 24.4 Å². The minimum Gasteiger partial charge on any atom is -0.340 e. The first-order valence-electron chi connectivity index (χ1n) is 6.20. The lowest BCUT2D eigenvalue weighted by Crippen LogP contribution is -2.36. The van der Waals surface area contributed by atoms with E-state index in [0.29, 0.717) is 13.1 Å². The maximum atomic E-state index is 13.0. The molecule has 0 rings (SSSR count). The summed E-state index contributed by atoms with van der Waals surface area (Å²) in [5.41, 5.74) is 0. The summed E-state index contributed by atoms with van der Waals surface area (Å²) < 4.78 is 26.5. The van der Waals surface area contributed by atoms with Crippen LogP contribution < -0.4 is 0 Å². The average Bonchev–Trinajstić information content (AvgIpc) is 1.97. The van der Waals surface area contributed by atoms with E-state index in [1.807, 2.05) is 57.8 Å². The molecule has 0 aromatic heterocycles. The van der Waals surface area contributed by atoms with E-state index >= 15 is 0 Å². The highest BCUT2D eigenvalue weighted by Crippen LogP contribution is 2.55. The van der Waals surface area contributed by atoms with Crippen molar-refractivity contribution in [1.29, 1.82) is 0 Å². The summed E-state index contributed by atoms with van der Waals surface area (Å²) in [5, 5.41) is 0. The molecular formula is C10H28NO3PSi2. The Kier molecular flexibility index (Phi) is 6.32. The monoisotopic (exact) mass is 297 g/mol. The highest BCUT2D eigenvalue weighted by Gasteiger charge is 2.40. The van der Waals surface area contributed by atoms with E-state index in [-0.39, 0.29) is 0 Å². The third-order valence-electron chi connectivity index (χ3n) is 1.85. The topological polar surface area (TPSA) is 38.8 Å². The molecular weight excluding hydrogens is 269 g/mol. The quantitative estimate of drug-likeness (QED) is 0.523. The standard InChI is InChI=1S/C10H28NO3PSi2/c1-9-11(10-2)15(12,13-16(3,4)5)14-17(6,7)8/h9-10H2,1-8H3. The molecule has 0 saturated heterocycles. The zero-order chi connectivity index (χ0) is 13.9. The van der Waals surface area contributed by atoms with Crippen LogP contribution in [0.4, 0.5) is 0 Å². The van der Waals surface area contributed by atoms with Gasteiger partial charge < -0.3 is 8.43 Å². The minimum absolute atomic E-state index is 0.683. The second-order valence-corrected chi connectivity index (χ2v) is 17.4. The second-order valence-electron chi connectivity index (χ2n) is 6.01. The van der Waals surface area contributed by atoms with E-state index in [0.717, 1.165) is 0 Å². The predicted molar refractivity (Wildman–Crippen MR) is 79.4 cm³/mol.